The first kappa shape index (κ1) is 11.7. The largest absolute Gasteiger partial charge is 0.396 e. The van der Waals surface area contributed by atoms with Crippen LogP contribution in [0.4, 0.5) is 0 Å². The van der Waals surface area contributed by atoms with Crippen molar-refractivity contribution < 1.29 is 5.11 Å². The minimum Gasteiger partial charge on any atom is -0.396 e. The van der Waals surface area contributed by atoms with Crippen LogP contribution in [0.3, 0.4) is 0 Å². The number of aliphatic hydroxyl groups is 1. The second-order valence-corrected chi connectivity index (χ2v) is 3.41. The van der Waals surface area contributed by atoms with Crippen LogP contribution in [0.2, 0.25) is 0 Å². The number of rotatable bonds is 7. The van der Waals surface area contributed by atoms with Crippen LogP contribution in [-0.4, -0.2) is 11.7 Å². The Bertz CT molecular complexity index is 108. The van der Waals surface area contributed by atoms with E-state index in [0.717, 1.165) is 25.2 Å². The first-order valence-electron chi connectivity index (χ1n) is 5.08. The Morgan fingerprint density at radius 1 is 1.33 bits per heavy atom. The van der Waals surface area contributed by atoms with Crippen molar-refractivity contribution in [1.82, 2.24) is 0 Å². The molecule has 72 valence electrons. The molecule has 0 aliphatic heterocycles. The SMILES string of the molecule is CCCC(C)C=CCCCCO. The van der Waals surface area contributed by atoms with Crippen LogP contribution < -0.4 is 0 Å². The topological polar surface area (TPSA) is 20.2 Å². The maximum absolute atomic E-state index is 8.53. The Balaban J connectivity index is 3.22. The zero-order chi connectivity index (χ0) is 9.23. The van der Waals surface area contributed by atoms with Crippen LogP contribution in [0.1, 0.15) is 46.0 Å². The summed E-state index contributed by atoms with van der Waals surface area (Å²) >= 11 is 0. The summed E-state index contributed by atoms with van der Waals surface area (Å²) < 4.78 is 0. The second kappa shape index (κ2) is 8.79. The Morgan fingerprint density at radius 2 is 2.08 bits per heavy atom. The lowest BCUT2D eigenvalue weighted by Crippen LogP contribution is -1.87. The van der Waals surface area contributed by atoms with Gasteiger partial charge in [0.1, 0.15) is 0 Å². The van der Waals surface area contributed by atoms with Gasteiger partial charge >= 0.3 is 0 Å². The Kier molecular flexibility index (Phi) is 8.57. The Labute approximate surface area is 76.5 Å². The molecule has 0 fully saturated rings. The van der Waals surface area contributed by atoms with E-state index in [1.807, 2.05) is 0 Å². The van der Waals surface area contributed by atoms with Crippen LogP contribution in [-0.2, 0) is 0 Å². The third kappa shape index (κ3) is 7.80. The van der Waals surface area contributed by atoms with Gasteiger partial charge in [0.15, 0.2) is 0 Å². The molecule has 0 aromatic rings. The molecule has 0 rings (SSSR count). The van der Waals surface area contributed by atoms with Gasteiger partial charge in [0.25, 0.3) is 0 Å². The van der Waals surface area contributed by atoms with E-state index in [1.54, 1.807) is 0 Å². The number of allylic oxidation sites excluding steroid dienone is 2. The standard InChI is InChI=1S/C11H22O/c1-3-8-11(2)9-6-4-5-7-10-12/h6,9,11-12H,3-5,7-8,10H2,1-2H3. The monoisotopic (exact) mass is 170 g/mol. The average Bonchev–Trinajstić information content (AvgIpc) is 2.05. The van der Waals surface area contributed by atoms with E-state index in [-0.39, 0.29) is 0 Å². The summed E-state index contributed by atoms with van der Waals surface area (Å²) in [5.41, 5.74) is 0. The minimum absolute atomic E-state index is 0.332. The van der Waals surface area contributed by atoms with E-state index in [2.05, 4.69) is 26.0 Å². The van der Waals surface area contributed by atoms with Gasteiger partial charge in [-0.15, -0.1) is 0 Å². The van der Waals surface area contributed by atoms with Crippen molar-refractivity contribution >= 4 is 0 Å². The molecule has 0 aliphatic carbocycles. The fraction of sp³-hybridized carbons (Fsp3) is 0.818. The molecule has 1 nitrogen and oxygen atoms in total. The quantitative estimate of drug-likeness (QED) is 0.459. The van der Waals surface area contributed by atoms with Gasteiger partial charge in [-0.05, 0) is 31.6 Å². The molecule has 0 radical (unpaired) electrons. The first-order chi connectivity index (χ1) is 5.81. The van der Waals surface area contributed by atoms with E-state index in [1.165, 1.54) is 12.8 Å². The van der Waals surface area contributed by atoms with E-state index in [0.29, 0.717) is 6.61 Å². The molecule has 0 heterocycles. The Morgan fingerprint density at radius 3 is 2.67 bits per heavy atom. The minimum atomic E-state index is 0.332. The highest BCUT2D eigenvalue weighted by molar-refractivity contribution is 4.85. The second-order valence-electron chi connectivity index (χ2n) is 3.41. The van der Waals surface area contributed by atoms with Gasteiger partial charge in [0, 0.05) is 6.61 Å². The third-order valence-corrected chi connectivity index (χ3v) is 1.99. The van der Waals surface area contributed by atoms with E-state index in [4.69, 9.17) is 5.11 Å². The van der Waals surface area contributed by atoms with Gasteiger partial charge in [-0.1, -0.05) is 32.4 Å². The summed E-state index contributed by atoms with van der Waals surface area (Å²) in [7, 11) is 0. The maximum atomic E-state index is 8.53. The van der Waals surface area contributed by atoms with Crippen LogP contribution >= 0.6 is 0 Å². The molecule has 1 N–H and O–H groups in total. The number of hydrogen-bond donors (Lipinski definition) is 1. The molecule has 1 unspecified atom stereocenters. The third-order valence-electron chi connectivity index (χ3n) is 1.99. The molecule has 0 amide bonds. The summed E-state index contributed by atoms with van der Waals surface area (Å²) in [6, 6.07) is 0. The normalized spacial score (nSPS) is 13.9. The fourth-order valence-corrected chi connectivity index (χ4v) is 1.25. The number of hydrogen-bond acceptors (Lipinski definition) is 1. The van der Waals surface area contributed by atoms with Gasteiger partial charge in [-0.2, -0.15) is 0 Å². The summed E-state index contributed by atoms with van der Waals surface area (Å²) in [6.45, 7) is 4.81. The van der Waals surface area contributed by atoms with E-state index >= 15 is 0 Å². The lowest BCUT2D eigenvalue weighted by Gasteiger charge is -2.01. The van der Waals surface area contributed by atoms with Crippen LogP contribution in [0.15, 0.2) is 12.2 Å². The molecule has 0 bridgehead atoms. The van der Waals surface area contributed by atoms with Crippen molar-refractivity contribution in [2.75, 3.05) is 6.61 Å². The van der Waals surface area contributed by atoms with Gasteiger partial charge in [0.2, 0.25) is 0 Å². The highest BCUT2D eigenvalue weighted by atomic mass is 16.2. The van der Waals surface area contributed by atoms with Crippen molar-refractivity contribution in [2.45, 2.75) is 46.0 Å². The number of aliphatic hydroxyl groups excluding tert-OH is 1. The van der Waals surface area contributed by atoms with Crippen LogP contribution in [0.25, 0.3) is 0 Å². The predicted molar refractivity (Wildman–Crippen MR) is 54.1 cm³/mol. The van der Waals surface area contributed by atoms with E-state index in [9.17, 15) is 0 Å². The molecule has 0 saturated carbocycles. The molecule has 1 heteroatoms. The molecular formula is C11H22O. The number of unbranched alkanes of at least 4 members (excludes halogenated alkanes) is 2. The molecule has 0 spiro atoms. The van der Waals surface area contributed by atoms with Crippen molar-refractivity contribution in [1.29, 1.82) is 0 Å². The van der Waals surface area contributed by atoms with Crippen molar-refractivity contribution in [3.63, 3.8) is 0 Å². The summed E-state index contributed by atoms with van der Waals surface area (Å²) in [6.07, 6.45) is 10.3. The highest BCUT2D eigenvalue weighted by Crippen LogP contribution is 2.07. The van der Waals surface area contributed by atoms with Gasteiger partial charge in [-0.25, -0.2) is 0 Å². The maximum Gasteiger partial charge on any atom is 0.0431 e. The first-order valence-corrected chi connectivity index (χ1v) is 5.08. The molecule has 0 aromatic heterocycles. The molecule has 0 aliphatic rings. The smallest absolute Gasteiger partial charge is 0.0431 e. The van der Waals surface area contributed by atoms with Crippen molar-refractivity contribution in [3.05, 3.63) is 12.2 Å². The summed E-state index contributed by atoms with van der Waals surface area (Å²) in [5, 5.41) is 8.53. The molecule has 0 saturated heterocycles. The molecular weight excluding hydrogens is 148 g/mol. The average molecular weight is 170 g/mol. The Hall–Kier alpha value is -0.300. The lowest BCUT2D eigenvalue weighted by molar-refractivity contribution is 0.285. The zero-order valence-corrected chi connectivity index (χ0v) is 8.42. The molecule has 0 aromatic carbocycles. The fourth-order valence-electron chi connectivity index (χ4n) is 1.25. The van der Waals surface area contributed by atoms with Gasteiger partial charge < -0.3 is 5.11 Å². The lowest BCUT2D eigenvalue weighted by atomic mass is 10.1. The predicted octanol–water partition coefficient (Wildman–Crippen LogP) is 3.14. The van der Waals surface area contributed by atoms with E-state index < -0.39 is 0 Å². The summed E-state index contributed by atoms with van der Waals surface area (Å²) in [5.74, 6) is 0.726. The van der Waals surface area contributed by atoms with Gasteiger partial charge in [-0.3, -0.25) is 0 Å². The molecule has 12 heavy (non-hydrogen) atoms. The van der Waals surface area contributed by atoms with Gasteiger partial charge in [0.05, 0.1) is 0 Å². The zero-order valence-electron chi connectivity index (χ0n) is 8.42. The van der Waals surface area contributed by atoms with Crippen molar-refractivity contribution in [3.8, 4) is 0 Å². The highest BCUT2D eigenvalue weighted by Gasteiger charge is 1.92. The molecule has 1 atom stereocenters. The van der Waals surface area contributed by atoms with Crippen molar-refractivity contribution in [2.24, 2.45) is 5.92 Å². The van der Waals surface area contributed by atoms with Crippen LogP contribution in [0.5, 0.6) is 0 Å². The van der Waals surface area contributed by atoms with Crippen LogP contribution in [0, 0.1) is 5.92 Å². The summed E-state index contributed by atoms with van der Waals surface area (Å²) in [4.78, 5) is 0.